The van der Waals surface area contributed by atoms with Crippen molar-refractivity contribution in [2.75, 3.05) is 13.1 Å². The van der Waals surface area contributed by atoms with E-state index in [1.165, 1.54) is 76.4 Å². The molecule has 0 spiro atoms. The van der Waals surface area contributed by atoms with Crippen LogP contribution in [0.2, 0.25) is 0 Å². The minimum absolute atomic E-state index is 0.476. The zero-order chi connectivity index (χ0) is 14.4. The SMILES string of the molecule is C(=Cc1ccccc1)CC1(N2CCCCC2)CCCCC1. The third-order valence-corrected chi connectivity index (χ3v) is 5.42. The van der Waals surface area contributed by atoms with E-state index in [4.69, 9.17) is 0 Å². The van der Waals surface area contributed by atoms with Gasteiger partial charge in [0.05, 0.1) is 0 Å². The minimum atomic E-state index is 0.476. The third kappa shape index (κ3) is 3.77. The second kappa shape index (κ2) is 7.26. The van der Waals surface area contributed by atoms with Gasteiger partial charge in [0.1, 0.15) is 0 Å². The second-order valence-electron chi connectivity index (χ2n) is 6.85. The molecule has 1 saturated heterocycles. The monoisotopic (exact) mass is 283 g/mol. The fraction of sp³-hybridized carbons (Fsp3) is 0.600. The minimum Gasteiger partial charge on any atom is -0.297 e. The van der Waals surface area contributed by atoms with Crippen LogP contribution in [0.25, 0.3) is 6.08 Å². The van der Waals surface area contributed by atoms with Crippen molar-refractivity contribution in [1.29, 1.82) is 0 Å². The van der Waals surface area contributed by atoms with E-state index in [1.54, 1.807) is 0 Å². The molecule has 21 heavy (non-hydrogen) atoms. The molecule has 1 aliphatic carbocycles. The number of likely N-dealkylation sites (tertiary alicyclic amines) is 1. The highest BCUT2D eigenvalue weighted by Gasteiger charge is 2.37. The summed E-state index contributed by atoms with van der Waals surface area (Å²) in [5, 5.41) is 0. The number of hydrogen-bond acceptors (Lipinski definition) is 1. The predicted molar refractivity (Wildman–Crippen MR) is 91.3 cm³/mol. The summed E-state index contributed by atoms with van der Waals surface area (Å²) in [6.07, 6.45) is 17.4. The third-order valence-electron chi connectivity index (χ3n) is 5.42. The molecule has 1 heteroatoms. The lowest BCUT2D eigenvalue weighted by Gasteiger charge is -2.48. The molecular formula is C20H29N. The summed E-state index contributed by atoms with van der Waals surface area (Å²) in [4.78, 5) is 2.84. The molecule has 2 aliphatic rings. The quantitative estimate of drug-likeness (QED) is 0.726. The van der Waals surface area contributed by atoms with Crippen molar-refractivity contribution < 1.29 is 0 Å². The largest absolute Gasteiger partial charge is 0.297 e. The predicted octanol–water partition coefficient (Wildman–Crippen LogP) is 5.28. The van der Waals surface area contributed by atoms with Gasteiger partial charge in [-0.3, -0.25) is 4.90 Å². The van der Waals surface area contributed by atoms with Crippen molar-refractivity contribution in [3.63, 3.8) is 0 Å². The van der Waals surface area contributed by atoms with Crippen LogP contribution in [0.1, 0.15) is 63.4 Å². The van der Waals surface area contributed by atoms with Gasteiger partial charge in [-0.1, -0.05) is 68.2 Å². The molecule has 0 aromatic heterocycles. The summed E-state index contributed by atoms with van der Waals surface area (Å²) >= 11 is 0. The topological polar surface area (TPSA) is 3.24 Å². The molecule has 1 aromatic carbocycles. The van der Waals surface area contributed by atoms with Crippen LogP contribution >= 0.6 is 0 Å². The molecule has 1 aliphatic heterocycles. The van der Waals surface area contributed by atoms with Crippen LogP contribution < -0.4 is 0 Å². The normalized spacial score (nSPS) is 23.4. The van der Waals surface area contributed by atoms with Gasteiger partial charge in [-0.05, 0) is 50.8 Å². The molecule has 0 N–H and O–H groups in total. The number of hydrogen-bond donors (Lipinski definition) is 0. The molecule has 114 valence electrons. The Morgan fingerprint density at radius 1 is 0.857 bits per heavy atom. The van der Waals surface area contributed by atoms with Gasteiger partial charge in [-0.15, -0.1) is 0 Å². The fourth-order valence-corrected chi connectivity index (χ4v) is 4.21. The van der Waals surface area contributed by atoms with Gasteiger partial charge < -0.3 is 0 Å². The maximum absolute atomic E-state index is 2.84. The van der Waals surface area contributed by atoms with Crippen molar-refractivity contribution in [2.45, 2.75) is 63.3 Å². The van der Waals surface area contributed by atoms with Crippen molar-refractivity contribution in [1.82, 2.24) is 4.90 Å². The maximum Gasteiger partial charge on any atom is 0.0244 e. The summed E-state index contributed by atoms with van der Waals surface area (Å²) in [5.41, 5.74) is 1.81. The van der Waals surface area contributed by atoms with Gasteiger partial charge in [-0.25, -0.2) is 0 Å². The van der Waals surface area contributed by atoms with Gasteiger partial charge in [0.25, 0.3) is 0 Å². The lowest BCUT2D eigenvalue weighted by atomic mass is 9.77. The molecule has 0 bridgehead atoms. The fourth-order valence-electron chi connectivity index (χ4n) is 4.21. The summed E-state index contributed by atoms with van der Waals surface area (Å²) in [5.74, 6) is 0. The Morgan fingerprint density at radius 3 is 2.24 bits per heavy atom. The van der Waals surface area contributed by atoms with Crippen LogP contribution in [-0.4, -0.2) is 23.5 Å². The molecular weight excluding hydrogens is 254 g/mol. The molecule has 0 atom stereocenters. The number of rotatable bonds is 4. The van der Waals surface area contributed by atoms with Gasteiger partial charge in [0, 0.05) is 5.54 Å². The Labute approximate surface area is 130 Å². The first-order chi connectivity index (χ1) is 10.4. The van der Waals surface area contributed by atoms with E-state index in [0.29, 0.717) is 5.54 Å². The molecule has 1 heterocycles. The maximum atomic E-state index is 2.84. The average Bonchev–Trinajstić information content (AvgIpc) is 2.58. The van der Waals surface area contributed by atoms with Gasteiger partial charge in [0.15, 0.2) is 0 Å². The number of benzene rings is 1. The van der Waals surface area contributed by atoms with E-state index in [-0.39, 0.29) is 0 Å². The van der Waals surface area contributed by atoms with Crippen LogP contribution in [0, 0.1) is 0 Å². The number of nitrogens with zero attached hydrogens (tertiary/aromatic N) is 1. The molecule has 3 rings (SSSR count). The van der Waals surface area contributed by atoms with E-state index in [0.717, 1.165) is 0 Å². The lowest BCUT2D eigenvalue weighted by Crippen LogP contribution is -2.51. The van der Waals surface area contributed by atoms with Gasteiger partial charge >= 0.3 is 0 Å². The number of piperidine rings is 1. The molecule has 0 unspecified atom stereocenters. The van der Waals surface area contributed by atoms with Crippen molar-refractivity contribution in [3.05, 3.63) is 42.0 Å². The summed E-state index contributed by atoms with van der Waals surface area (Å²) in [6.45, 7) is 2.67. The van der Waals surface area contributed by atoms with Crippen molar-refractivity contribution in [2.24, 2.45) is 0 Å². The first-order valence-electron chi connectivity index (χ1n) is 8.86. The summed E-state index contributed by atoms with van der Waals surface area (Å²) < 4.78 is 0. The Bertz CT molecular complexity index is 436. The molecule has 1 aromatic rings. The Morgan fingerprint density at radius 2 is 1.52 bits per heavy atom. The second-order valence-corrected chi connectivity index (χ2v) is 6.85. The molecule has 0 amide bonds. The van der Waals surface area contributed by atoms with E-state index >= 15 is 0 Å². The Hall–Kier alpha value is -1.08. The molecule has 1 saturated carbocycles. The first-order valence-corrected chi connectivity index (χ1v) is 8.86. The zero-order valence-electron chi connectivity index (χ0n) is 13.3. The van der Waals surface area contributed by atoms with E-state index in [2.05, 4.69) is 47.4 Å². The van der Waals surface area contributed by atoms with Crippen LogP contribution in [0.3, 0.4) is 0 Å². The lowest BCUT2D eigenvalue weighted by molar-refractivity contribution is 0.0358. The Kier molecular flexibility index (Phi) is 5.13. The highest BCUT2D eigenvalue weighted by molar-refractivity contribution is 5.48. The van der Waals surface area contributed by atoms with E-state index in [1.807, 2.05) is 0 Å². The van der Waals surface area contributed by atoms with E-state index < -0.39 is 0 Å². The summed E-state index contributed by atoms with van der Waals surface area (Å²) in [6, 6.07) is 10.7. The highest BCUT2D eigenvalue weighted by atomic mass is 15.2. The van der Waals surface area contributed by atoms with Crippen LogP contribution in [0.15, 0.2) is 36.4 Å². The van der Waals surface area contributed by atoms with Crippen LogP contribution in [0.5, 0.6) is 0 Å². The molecule has 0 radical (unpaired) electrons. The van der Waals surface area contributed by atoms with Gasteiger partial charge in [0.2, 0.25) is 0 Å². The molecule has 2 fully saturated rings. The zero-order valence-corrected chi connectivity index (χ0v) is 13.3. The summed E-state index contributed by atoms with van der Waals surface area (Å²) in [7, 11) is 0. The standard InChI is InChI=1S/C20H29N/c1-4-11-19(12-5-1)13-10-16-20(14-6-2-7-15-20)21-17-8-3-9-18-21/h1,4-5,10-13H,2-3,6-9,14-18H2. The van der Waals surface area contributed by atoms with E-state index in [9.17, 15) is 0 Å². The molecule has 1 nitrogen and oxygen atoms in total. The highest BCUT2D eigenvalue weighted by Crippen LogP contribution is 2.38. The average molecular weight is 283 g/mol. The Balaban J connectivity index is 1.68. The van der Waals surface area contributed by atoms with Crippen LogP contribution in [0.4, 0.5) is 0 Å². The van der Waals surface area contributed by atoms with Crippen LogP contribution in [-0.2, 0) is 0 Å². The van der Waals surface area contributed by atoms with Crippen molar-refractivity contribution >= 4 is 6.08 Å². The smallest absolute Gasteiger partial charge is 0.0244 e. The first kappa shape index (κ1) is 14.8. The van der Waals surface area contributed by atoms with Gasteiger partial charge in [-0.2, -0.15) is 0 Å². The van der Waals surface area contributed by atoms with Crippen molar-refractivity contribution in [3.8, 4) is 0 Å².